The minimum absolute atomic E-state index is 0.649. The van der Waals surface area contributed by atoms with Gasteiger partial charge < -0.3 is 5.11 Å². The molecule has 0 bridgehead atoms. The second kappa shape index (κ2) is 4.70. The van der Waals surface area contributed by atoms with Gasteiger partial charge in [0.1, 0.15) is 13.7 Å². The number of hydrogen-bond acceptors (Lipinski definition) is 1. The van der Waals surface area contributed by atoms with Gasteiger partial charge in [-0.1, -0.05) is 25.4 Å². The van der Waals surface area contributed by atoms with Gasteiger partial charge in [-0.3, -0.25) is 0 Å². The third kappa shape index (κ3) is 3.65. The lowest BCUT2D eigenvalue weighted by Crippen LogP contribution is -2.32. The molecule has 1 nitrogen and oxygen atoms in total. The quantitative estimate of drug-likeness (QED) is 0.417. The highest BCUT2D eigenvalue weighted by atomic mass is 35.5. The van der Waals surface area contributed by atoms with Crippen molar-refractivity contribution in [1.29, 1.82) is 0 Å². The van der Waals surface area contributed by atoms with Gasteiger partial charge in [0.15, 0.2) is 0 Å². The van der Waals surface area contributed by atoms with Crippen molar-refractivity contribution in [3.63, 3.8) is 0 Å². The smallest absolute Gasteiger partial charge is 0.146 e. The number of rotatable bonds is 1. The van der Waals surface area contributed by atoms with Gasteiger partial charge in [0.25, 0.3) is 0 Å². The van der Waals surface area contributed by atoms with E-state index in [1.165, 1.54) is 6.42 Å². The van der Waals surface area contributed by atoms with Crippen LogP contribution in [-0.2, 0) is 0 Å². The first-order chi connectivity index (χ1) is 6.47. The van der Waals surface area contributed by atoms with E-state index >= 15 is 0 Å². The number of aliphatic hydroxyl groups is 1. The van der Waals surface area contributed by atoms with Crippen molar-refractivity contribution in [1.82, 2.24) is 0 Å². The molecule has 0 aromatic rings. The lowest BCUT2D eigenvalue weighted by molar-refractivity contribution is 0.0611. The first-order valence-corrected chi connectivity index (χ1v) is 9.04. The maximum atomic E-state index is 10.1. The van der Waals surface area contributed by atoms with E-state index < -0.39 is 13.7 Å². The predicted octanol–water partition coefficient (Wildman–Crippen LogP) is 2.71. The fourth-order valence-corrected chi connectivity index (χ4v) is 2.42. The molecule has 0 unspecified atom stereocenters. The summed E-state index contributed by atoms with van der Waals surface area (Å²) in [4.78, 5) is 0. The average Bonchev–Trinajstić information content (AvgIpc) is 2.17. The second-order valence-electron chi connectivity index (χ2n) is 4.86. The molecule has 0 heterocycles. The van der Waals surface area contributed by atoms with E-state index in [2.05, 4.69) is 24.6 Å². The molecule has 0 aromatic carbocycles. The molecule has 0 aliphatic heterocycles. The van der Waals surface area contributed by atoms with Gasteiger partial charge in [-0.2, -0.15) is 0 Å². The van der Waals surface area contributed by atoms with Crippen molar-refractivity contribution < 1.29 is 5.11 Å². The summed E-state index contributed by atoms with van der Waals surface area (Å²) in [5.41, 5.74) is 3.17. The molecule has 0 saturated heterocycles. The Hall–Kier alpha value is 0.0269. The summed E-state index contributed by atoms with van der Waals surface area (Å²) in [6, 6.07) is 0. The summed E-state index contributed by atoms with van der Waals surface area (Å²) in [6.07, 6.45) is 5.13. The Balaban J connectivity index is 2.64. The average molecular weight is 231 g/mol. The van der Waals surface area contributed by atoms with Gasteiger partial charge >= 0.3 is 0 Å². The maximum absolute atomic E-state index is 10.1. The highest BCUT2D eigenvalue weighted by molar-refractivity contribution is 6.89. The molecule has 0 radical (unpaired) electrons. The van der Waals surface area contributed by atoms with E-state index in [0.29, 0.717) is 5.50 Å². The molecule has 1 N–H and O–H groups in total. The highest BCUT2D eigenvalue weighted by Crippen LogP contribution is 2.27. The Kier molecular flexibility index (Phi) is 4.06. The molecule has 1 rings (SSSR count). The fraction of sp³-hybridized carbons (Fsp3) is 0.818. The molecular weight excluding hydrogens is 212 g/mol. The van der Waals surface area contributed by atoms with E-state index in [1.807, 2.05) is 0 Å². The summed E-state index contributed by atoms with van der Waals surface area (Å²) < 4.78 is 0. The van der Waals surface area contributed by atoms with Crippen LogP contribution in [0.2, 0.25) is 13.1 Å². The zero-order valence-corrected chi connectivity index (χ0v) is 10.8. The zero-order valence-electron chi connectivity index (χ0n) is 9.07. The van der Waals surface area contributed by atoms with E-state index in [9.17, 15) is 5.11 Å². The lowest BCUT2D eigenvalue weighted by atomic mass is 9.86. The topological polar surface area (TPSA) is 20.2 Å². The second-order valence-corrected chi connectivity index (χ2v) is 9.95. The molecule has 1 aliphatic carbocycles. The van der Waals surface area contributed by atoms with E-state index in [1.54, 1.807) is 0 Å². The predicted molar refractivity (Wildman–Crippen MR) is 64.0 cm³/mol. The standard InChI is InChI=1S/C11H19ClOSi/c1-14(2,10-12)9-8-11(13)6-4-3-5-7-11/h13H,3-7,10H2,1-2H3. The SMILES string of the molecule is C[Si](C)(C#CC1(O)CCCCC1)CCl. The van der Waals surface area contributed by atoms with Crippen LogP contribution in [0.15, 0.2) is 0 Å². The minimum atomic E-state index is -1.56. The van der Waals surface area contributed by atoms with Gasteiger partial charge in [-0.25, -0.2) is 0 Å². The van der Waals surface area contributed by atoms with Crippen molar-refractivity contribution in [2.75, 3.05) is 5.50 Å². The van der Waals surface area contributed by atoms with E-state index in [0.717, 1.165) is 25.7 Å². The molecular formula is C11H19ClOSi. The molecule has 80 valence electrons. The third-order valence-corrected chi connectivity index (χ3v) is 6.12. The summed E-state index contributed by atoms with van der Waals surface area (Å²) in [6.45, 7) is 4.28. The number of alkyl halides is 1. The molecule has 0 amide bonds. The van der Waals surface area contributed by atoms with Crippen molar-refractivity contribution in [2.24, 2.45) is 0 Å². The molecule has 3 heteroatoms. The number of halogens is 1. The van der Waals surface area contributed by atoms with Crippen LogP contribution in [0.3, 0.4) is 0 Å². The monoisotopic (exact) mass is 230 g/mol. The molecule has 0 spiro atoms. The highest BCUT2D eigenvalue weighted by Gasteiger charge is 2.27. The van der Waals surface area contributed by atoms with Crippen molar-refractivity contribution in [3.8, 4) is 11.5 Å². The number of hydrogen-bond donors (Lipinski definition) is 1. The molecule has 14 heavy (non-hydrogen) atoms. The summed E-state index contributed by atoms with van der Waals surface area (Å²) in [7, 11) is -1.56. The fourth-order valence-electron chi connectivity index (χ4n) is 1.58. The first kappa shape index (κ1) is 12.1. The van der Waals surface area contributed by atoms with Crippen molar-refractivity contribution >= 4 is 19.7 Å². The summed E-state index contributed by atoms with van der Waals surface area (Å²) in [5.74, 6) is 3.07. The van der Waals surface area contributed by atoms with Crippen LogP contribution in [0.5, 0.6) is 0 Å². The Bertz CT molecular complexity index is 246. The lowest BCUT2D eigenvalue weighted by Gasteiger charge is -2.27. The third-order valence-electron chi connectivity index (χ3n) is 2.65. The van der Waals surface area contributed by atoms with Gasteiger partial charge in [0, 0.05) is 5.50 Å². The zero-order chi connectivity index (χ0) is 10.7. The van der Waals surface area contributed by atoms with Crippen LogP contribution in [0.25, 0.3) is 0 Å². The summed E-state index contributed by atoms with van der Waals surface area (Å²) in [5, 5.41) is 10.1. The van der Waals surface area contributed by atoms with Crippen LogP contribution < -0.4 is 0 Å². The van der Waals surface area contributed by atoms with E-state index in [4.69, 9.17) is 11.6 Å². The Labute approximate surface area is 92.9 Å². The first-order valence-electron chi connectivity index (χ1n) is 5.30. The van der Waals surface area contributed by atoms with Gasteiger partial charge in [0.2, 0.25) is 0 Å². The van der Waals surface area contributed by atoms with Crippen LogP contribution >= 0.6 is 11.6 Å². The van der Waals surface area contributed by atoms with Crippen molar-refractivity contribution in [2.45, 2.75) is 50.8 Å². The Morgan fingerprint density at radius 1 is 1.29 bits per heavy atom. The van der Waals surface area contributed by atoms with Gasteiger partial charge in [-0.05, 0) is 25.7 Å². The Morgan fingerprint density at radius 3 is 2.36 bits per heavy atom. The molecule has 1 fully saturated rings. The van der Waals surface area contributed by atoms with Crippen molar-refractivity contribution in [3.05, 3.63) is 0 Å². The normalized spacial score (nSPS) is 21.1. The van der Waals surface area contributed by atoms with Crippen LogP contribution in [-0.4, -0.2) is 24.3 Å². The minimum Gasteiger partial charge on any atom is -0.378 e. The molecule has 0 aromatic heterocycles. The van der Waals surface area contributed by atoms with Crippen LogP contribution in [0.1, 0.15) is 32.1 Å². The van der Waals surface area contributed by atoms with Crippen LogP contribution in [0.4, 0.5) is 0 Å². The van der Waals surface area contributed by atoms with Crippen LogP contribution in [0, 0.1) is 11.5 Å². The van der Waals surface area contributed by atoms with Gasteiger partial charge in [-0.15, -0.1) is 17.1 Å². The van der Waals surface area contributed by atoms with E-state index in [-0.39, 0.29) is 0 Å². The maximum Gasteiger partial charge on any atom is 0.146 e. The molecule has 1 saturated carbocycles. The Morgan fingerprint density at radius 2 is 1.86 bits per heavy atom. The largest absolute Gasteiger partial charge is 0.378 e. The van der Waals surface area contributed by atoms with Gasteiger partial charge in [0.05, 0.1) is 0 Å². The summed E-state index contributed by atoms with van der Waals surface area (Å²) >= 11 is 5.83. The molecule has 1 aliphatic rings. The molecule has 0 atom stereocenters.